The number of hydrogen-bond acceptors (Lipinski definition) is 6. The Labute approximate surface area is 219 Å². The molecule has 4 aromatic rings. The largest absolute Gasteiger partial charge is 0.379 e. The molecule has 172 valence electrons. The van der Waals surface area contributed by atoms with Crippen molar-refractivity contribution in [1.29, 1.82) is 0 Å². The summed E-state index contributed by atoms with van der Waals surface area (Å²) in [6.07, 6.45) is 0. The van der Waals surface area contributed by atoms with Gasteiger partial charge in [0.15, 0.2) is 0 Å². The molecule has 0 amide bonds. The van der Waals surface area contributed by atoms with E-state index < -0.39 is 0 Å². The Morgan fingerprint density at radius 3 is 1.82 bits per heavy atom. The highest BCUT2D eigenvalue weighted by atomic mass is 79.9. The minimum Gasteiger partial charge on any atom is -0.379 e. The minimum atomic E-state index is 0.363. The zero-order chi connectivity index (χ0) is 23.4. The number of ether oxygens (including phenoxy) is 1. The summed E-state index contributed by atoms with van der Waals surface area (Å²) in [5, 5.41) is 3.88. The Hall–Kier alpha value is -1.32. The van der Waals surface area contributed by atoms with Crippen molar-refractivity contribution in [3.8, 4) is 0 Å². The van der Waals surface area contributed by atoms with E-state index in [4.69, 9.17) is 51.1 Å². The Bertz CT molecular complexity index is 1290. The SMILES string of the molecule is Clc1cc2nc(CBr)ccc2c(Cl)n1.Clc1cc2nc(CN3CCOCC3)ccc2c(Cl)n1. The van der Waals surface area contributed by atoms with Crippen LogP contribution in [0.5, 0.6) is 0 Å². The number of rotatable bonds is 3. The van der Waals surface area contributed by atoms with Gasteiger partial charge in [-0.2, -0.15) is 0 Å². The molecule has 4 aromatic heterocycles. The third-order valence-corrected chi connectivity index (χ3v) is 6.50. The summed E-state index contributed by atoms with van der Waals surface area (Å²) in [6, 6.07) is 11.2. The van der Waals surface area contributed by atoms with Crippen molar-refractivity contribution < 1.29 is 4.74 Å². The van der Waals surface area contributed by atoms with Crippen LogP contribution in [-0.2, 0) is 16.6 Å². The molecule has 0 saturated carbocycles. The summed E-state index contributed by atoms with van der Waals surface area (Å²) in [5.74, 6) is 0. The Morgan fingerprint density at radius 2 is 1.27 bits per heavy atom. The van der Waals surface area contributed by atoms with Gasteiger partial charge < -0.3 is 4.74 Å². The smallest absolute Gasteiger partial charge is 0.140 e. The highest BCUT2D eigenvalue weighted by molar-refractivity contribution is 9.08. The molecule has 1 saturated heterocycles. The van der Waals surface area contributed by atoms with Crippen LogP contribution < -0.4 is 0 Å². The Balaban J connectivity index is 0.000000165. The molecule has 1 aliphatic heterocycles. The monoisotopic (exact) mass is 587 g/mol. The fourth-order valence-electron chi connectivity index (χ4n) is 3.35. The van der Waals surface area contributed by atoms with Crippen LogP contribution in [0.3, 0.4) is 0 Å². The average Bonchev–Trinajstić information content (AvgIpc) is 2.79. The van der Waals surface area contributed by atoms with Crippen LogP contribution in [-0.4, -0.2) is 51.1 Å². The van der Waals surface area contributed by atoms with E-state index in [9.17, 15) is 0 Å². The Kier molecular flexibility index (Phi) is 8.57. The van der Waals surface area contributed by atoms with Gasteiger partial charge in [0.05, 0.1) is 35.6 Å². The first-order valence-corrected chi connectivity index (χ1v) is 12.7. The summed E-state index contributed by atoms with van der Waals surface area (Å²) < 4.78 is 5.33. The first kappa shape index (κ1) is 24.8. The number of nitrogens with zero attached hydrogens (tertiary/aromatic N) is 5. The van der Waals surface area contributed by atoms with E-state index in [1.165, 1.54) is 0 Å². The zero-order valence-electron chi connectivity index (χ0n) is 17.2. The molecule has 5 rings (SSSR count). The Morgan fingerprint density at radius 1 is 0.758 bits per heavy atom. The number of halogens is 5. The first-order chi connectivity index (χ1) is 15.9. The molecule has 0 atom stereocenters. The predicted molar refractivity (Wildman–Crippen MR) is 138 cm³/mol. The van der Waals surface area contributed by atoms with Crippen molar-refractivity contribution in [2.24, 2.45) is 0 Å². The van der Waals surface area contributed by atoms with Crippen LogP contribution in [0.4, 0.5) is 0 Å². The highest BCUT2D eigenvalue weighted by Gasteiger charge is 2.12. The average molecular weight is 590 g/mol. The van der Waals surface area contributed by atoms with Gasteiger partial charge in [-0.25, -0.2) is 9.97 Å². The van der Waals surface area contributed by atoms with E-state index >= 15 is 0 Å². The molecule has 1 fully saturated rings. The number of hydrogen-bond donors (Lipinski definition) is 0. The van der Waals surface area contributed by atoms with E-state index in [0.29, 0.717) is 25.9 Å². The van der Waals surface area contributed by atoms with Gasteiger partial charge in [-0.3, -0.25) is 14.9 Å². The van der Waals surface area contributed by atoms with Crippen molar-refractivity contribution in [3.63, 3.8) is 0 Å². The van der Waals surface area contributed by atoms with Crippen molar-refractivity contribution in [2.75, 3.05) is 26.3 Å². The number of fused-ring (bicyclic) bond motifs is 2. The standard InChI is InChI=1S/C13H13Cl2N3O.C9H5BrCl2N2/c14-12-7-11-10(13(15)17-12)2-1-9(16-11)8-18-3-5-19-6-4-18;10-4-5-1-2-6-7(13-5)3-8(11)14-9(6)12/h1-2,7H,3-6,8H2;1-3H,4H2. The first-order valence-electron chi connectivity index (χ1n) is 10.0. The summed E-state index contributed by atoms with van der Waals surface area (Å²) in [7, 11) is 0. The molecule has 1 aliphatic rings. The molecule has 11 heteroatoms. The molecular weight excluding hydrogens is 572 g/mol. The fraction of sp³-hybridized carbons (Fsp3) is 0.273. The lowest BCUT2D eigenvalue weighted by Crippen LogP contribution is -2.35. The number of morpholine rings is 1. The molecule has 0 N–H and O–H groups in total. The van der Waals surface area contributed by atoms with E-state index in [0.717, 1.165) is 66.0 Å². The third kappa shape index (κ3) is 6.42. The summed E-state index contributed by atoms with van der Waals surface area (Å²) in [5.41, 5.74) is 3.51. The number of pyridine rings is 4. The van der Waals surface area contributed by atoms with E-state index in [1.54, 1.807) is 12.1 Å². The van der Waals surface area contributed by atoms with Crippen LogP contribution in [0, 0.1) is 0 Å². The second-order valence-corrected chi connectivity index (χ2v) is 9.28. The lowest BCUT2D eigenvalue weighted by atomic mass is 10.2. The van der Waals surface area contributed by atoms with E-state index in [-0.39, 0.29) is 0 Å². The normalized spacial score (nSPS) is 14.3. The van der Waals surface area contributed by atoms with Gasteiger partial charge in [0.1, 0.15) is 20.6 Å². The van der Waals surface area contributed by atoms with E-state index in [1.807, 2.05) is 24.3 Å². The molecule has 0 spiro atoms. The molecule has 0 bridgehead atoms. The minimum absolute atomic E-state index is 0.363. The topological polar surface area (TPSA) is 64.0 Å². The zero-order valence-corrected chi connectivity index (χ0v) is 21.9. The lowest BCUT2D eigenvalue weighted by Gasteiger charge is -2.26. The van der Waals surface area contributed by atoms with Crippen molar-refractivity contribution in [1.82, 2.24) is 24.8 Å². The second-order valence-electron chi connectivity index (χ2n) is 7.23. The third-order valence-electron chi connectivity index (χ3n) is 4.96. The number of alkyl halides is 1. The molecule has 6 nitrogen and oxygen atoms in total. The molecule has 0 aliphatic carbocycles. The molecule has 33 heavy (non-hydrogen) atoms. The maximum atomic E-state index is 6.04. The summed E-state index contributed by atoms with van der Waals surface area (Å²) >= 11 is 27.0. The molecule has 5 heterocycles. The molecule has 0 radical (unpaired) electrons. The van der Waals surface area contributed by atoms with E-state index in [2.05, 4.69) is 40.8 Å². The van der Waals surface area contributed by atoms with Gasteiger partial charge in [-0.05, 0) is 24.3 Å². The van der Waals surface area contributed by atoms with Gasteiger partial charge >= 0.3 is 0 Å². The van der Waals surface area contributed by atoms with Crippen LogP contribution in [0.1, 0.15) is 11.4 Å². The number of aromatic nitrogens is 4. The molecule has 0 unspecified atom stereocenters. The quantitative estimate of drug-likeness (QED) is 0.198. The van der Waals surface area contributed by atoms with Crippen molar-refractivity contribution in [2.45, 2.75) is 11.9 Å². The van der Waals surface area contributed by atoms with Crippen LogP contribution in [0.25, 0.3) is 21.8 Å². The van der Waals surface area contributed by atoms with Crippen LogP contribution in [0.2, 0.25) is 20.6 Å². The van der Waals surface area contributed by atoms with Crippen molar-refractivity contribution >= 4 is 84.1 Å². The maximum Gasteiger partial charge on any atom is 0.140 e. The van der Waals surface area contributed by atoms with Gasteiger partial charge in [0.25, 0.3) is 0 Å². The van der Waals surface area contributed by atoms with Gasteiger partial charge in [-0.15, -0.1) is 0 Å². The summed E-state index contributed by atoms with van der Waals surface area (Å²) in [4.78, 5) is 19.2. The predicted octanol–water partition coefficient (Wildman–Crippen LogP) is 6.60. The van der Waals surface area contributed by atoms with Crippen molar-refractivity contribution in [3.05, 3.63) is 68.4 Å². The van der Waals surface area contributed by atoms with Gasteiger partial charge in [-0.1, -0.05) is 62.3 Å². The molecular formula is C22H18BrCl4N5O. The van der Waals surface area contributed by atoms with Gasteiger partial charge in [0, 0.05) is 47.9 Å². The van der Waals surface area contributed by atoms with Gasteiger partial charge in [0.2, 0.25) is 0 Å². The lowest BCUT2D eigenvalue weighted by molar-refractivity contribution is 0.0337. The fourth-order valence-corrected chi connectivity index (χ4v) is 4.63. The molecule has 0 aromatic carbocycles. The second kappa shape index (κ2) is 11.4. The summed E-state index contributed by atoms with van der Waals surface area (Å²) in [6.45, 7) is 4.27. The van der Waals surface area contributed by atoms with Crippen LogP contribution in [0.15, 0.2) is 36.4 Å². The van der Waals surface area contributed by atoms with Crippen LogP contribution >= 0.6 is 62.3 Å². The highest BCUT2D eigenvalue weighted by Crippen LogP contribution is 2.25. The maximum absolute atomic E-state index is 6.04.